The van der Waals surface area contributed by atoms with Crippen LogP contribution < -0.4 is 4.72 Å². The van der Waals surface area contributed by atoms with Crippen LogP contribution >= 0.6 is 0 Å². The average molecular weight is 281 g/mol. The maximum absolute atomic E-state index is 12.1. The molecule has 0 unspecified atom stereocenters. The van der Waals surface area contributed by atoms with Crippen LogP contribution in [0, 0.1) is 0 Å². The summed E-state index contributed by atoms with van der Waals surface area (Å²) in [6.45, 7) is 14.6. The molecule has 1 N–H and O–H groups in total. The predicted molar refractivity (Wildman–Crippen MR) is 84.6 cm³/mol. The topological polar surface area (TPSA) is 29.1 Å². The van der Waals surface area contributed by atoms with Crippen LogP contribution in [0.5, 0.6) is 0 Å². The van der Waals surface area contributed by atoms with E-state index in [1.807, 2.05) is 20.8 Å². The molecule has 0 aliphatic carbocycles. The summed E-state index contributed by atoms with van der Waals surface area (Å²) in [6, 6.07) is 8.66. The van der Waals surface area contributed by atoms with Gasteiger partial charge >= 0.3 is 0 Å². The van der Waals surface area contributed by atoms with Gasteiger partial charge in [0.05, 0.1) is 15.7 Å². The van der Waals surface area contributed by atoms with Crippen LogP contribution in [0.1, 0.15) is 65.6 Å². The van der Waals surface area contributed by atoms with Gasteiger partial charge in [-0.2, -0.15) is 0 Å². The zero-order valence-electron chi connectivity index (χ0n) is 13.2. The summed E-state index contributed by atoms with van der Waals surface area (Å²) in [4.78, 5) is 0. The molecule has 1 rings (SSSR count). The Balaban J connectivity index is 2.79. The summed E-state index contributed by atoms with van der Waals surface area (Å²) >= 11 is 0. The fourth-order valence-electron chi connectivity index (χ4n) is 1.68. The number of benzene rings is 1. The van der Waals surface area contributed by atoms with Crippen molar-refractivity contribution in [2.45, 2.75) is 64.7 Å². The molecule has 2 nitrogen and oxygen atoms in total. The molecule has 108 valence electrons. The average Bonchev–Trinajstić information content (AvgIpc) is 2.26. The summed E-state index contributed by atoms with van der Waals surface area (Å²) < 4.78 is 15.0. The van der Waals surface area contributed by atoms with Crippen LogP contribution in [0.2, 0.25) is 0 Å². The molecule has 0 heterocycles. The van der Waals surface area contributed by atoms with E-state index in [2.05, 4.69) is 56.7 Å². The van der Waals surface area contributed by atoms with Crippen LogP contribution in [0.15, 0.2) is 24.3 Å². The van der Waals surface area contributed by atoms with Gasteiger partial charge in [-0.25, -0.2) is 8.93 Å². The molecule has 0 saturated heterocycles. The first kappa shape index (κ1) is 16.4. The second-order valence-corrected chi connectivity index (χ2v) is 9.09. The van der Waals surface area contributed by atoms with Crippen molar-refractivity contribution in [2.75, 3.05) is 0 Å². The van der Waals surface area contributed by atoms with E-state index >= 15 is 0 Å². The third kappa shape index (κ3) is 4.73. The number of hydrogen-bond acceptors (Lipinski definition) is 1. The van der Waals surface area contributed by atoms with Gasteiger partial charge in [0.25, 0.3) is 0 Å². The first-order valence-electron chi connectivity index (χ1n) is 6.80. The molecule has 3 heteroatoms. The smallest absolute Gasteiger partial charge is 0.0975 e. The van der Waals surface area contributed by atoms with Gasteiger partial charge in [-0.1, -0.05) is 45.0 Å². The van der Waals surface area contributed by atoms with E-state index in [9.17, 15) is 4.21 Å². The summed E-state index contributed by atoms with van der Waals surface area (Å²) in [5.74, 6) is 0. The molecule has 0 saturated carbocycles. The first-order valence-corrected chi connectivity index (χ1v) is 7.95. The van der Waals surface area contributed by atoms with Gasteiger partial charge in [0.1, 0.15) is 0 Å². The van der Waals surface area contributed by atoms with E-state index in [4.69, 9.17) is 0 Å². The quantitative estimate of drug-likeness (QED) is 0.888. The fraction of sp³-hybridized carbons (Fsp3) is 0.625. The van der Waals surface area contributed by atoms with Crippen LogP contribution in [0.3, 0.4) is 0 Å². The van der Waals surface area contributed by atoms with Crippen molar-refractivity contribution < 1.29 is 4.21 Å². The summed E-state index contributed by atoms with van der Waals surface area (Å²) in [5, 5.41) is 0. The summed E-state index contributed by atoms with van der Waals surface area (Å²) in [5.41, 5.74) is 2.66. The minimum Gasteiger partial charge on any atom is -0.242 e. The van der Waals surface area contributed by atoms with Crippen molar-refractivity contribution in [3.8, 4) is 0 Å². The molecule has 19 heavy (non-hydrogen) atoms. The lowest BCUT2D eigenvalue weighted by Crippen LogP contribution is -2.34. The molecule has 0 amide bonds. The van der Waals surface area contributed by atoms with Gasteiger partial charge < -0.3 is 0 Å². The Morgan fingerprint density at radius 3 is 1.84 bits per heavy atom. The normalized spacial score (nSPS) is 16.2. The van der Waals surface area contributed by atoms with E-state index in [1.54, 1.807) is 0 Å². The SMILES string of the molecule is C[C@H](N[S@](=O)C(C)(C)C)c1ccc(C(C)(C)C)cc1. The van der Waals surface area contributed by atoms with Crippen molar-refractivity contribution in [1.29, 1.82) is 0 Å². The molecule has 0 aliphatic heterocycles. The Hall–Kier alpha value is -0.670. The van der Waals surface area contributed by atoms with E-state index in [0.29, 0.717) is 0 Å². The molecular weight excluding hydrogens is 254 g/mol. The number of rotatable bonds is 3. The van der Waals surface area contributed by atoms with Gasteiger partial charge in [0, 0.05) is 6.04 Å². The molecule has 0 spiro atoms. The second-order valence-electron chi connectivity index (χ2n) is 7.09. The molecule has 0 bridgehead atoms. The maximum atomic E-state index is 12.1. The zero-order chi connectivity index (χ0) is 14.8. The third-order valence-electron chi connectivity index (χ3n) is 3.12. The zero-order valence-corrected chi connectivity index (χ0v) is 14.0. The fourth-order valence-corrected chi connectivity index (χ4v) is 2.49. The van der Waals surface area contributed by atoms with Crippen molar-refractivity contribution in [2.24, 2.45) is 0 Å². The van der Waals surface area contributed by atoms with Crippen LogP contribution in [-0.2, 0) is 16.4 Å². The lowest BCUT2D eigenvalue weighted by atomic mass is 9.86. The highest BCUT2D eigenvalue weighted by molar-refractivity contribution is 7.84. The van der Waals surface area contributed by atoms with Crippen LogP contribution in [0.25, 0.3) is 0 Å². The lowest BCUT2D eigenvalue weighted by molar-refractivity contribution is 0.588. The van der Waals surface area contributed by atoms with E-state index < -0.39 is 11.0 Å². The van der Waals surface area contributed by atoms with Crippen molar-refractivity contribution in [1.82, 2.24) is 4.72 Å². The number of nitrogens with one attached hydrogen (secondary N) is 1. The second kappa shape index (κ2) is 5.76. The highest BCUT2D eigenvalue weighted by Gasteiger charge is 2.22. The summed E-state index contributed by atoms with van der Waals surface area (Å²) in [7, 11) is -1.04. The molecule has 0 fully saturated rings. The Bertz CT molecular complexity index is 437. The largest absolute Gasteiger partial charge is 0.242 e. The first-order chi connectivity index (χ1) is 8.51. The van der Waals surface area contributed by atoms with Gasteiger partial charge in [-0.3, -0.25) is 0 Å². The highest BCUT2D eigenvalue weighted by Crippen LogP contribution is 2.24. The number of hydrogen-bond donors (Lipinski definition) is 1. The molecule has 0 aliphatic rings. The molecular formula is C16H27NOS. The van der Waals surface area contributed by atoms with E-state index in [1.165, 1.54) is 11.1 Å². The van der Waals surface area contributed by atoms with Crippen molar-refractivity contribution >= 4 is 11.0 Å². The maximum Gasteiger partial charge on any atom is 0.0975 e. The Morgan fingerprint density at radius 2 is 1.47 bits per heavy atom. The van der Waals surface area contributed by atoms with Gasteiger partial charge in [0.2, 0.25) is 0 Å². The molecule has 2 atom stereocenters. The van der Waals surface area contributed by atoms with Crippen LogP contribution in [0.4, 0.5) is 0 Å². The summed E-state index contributed by atoms with van der Waals surface area (Å²) in [6.07, 6.45) is 0. The van der Waals surface area contributed by atoms with E-state index in [0.717, 1.165) is 0 Å². The van der Waals surface area contributed by atoms with Crippen molar-refractivity contribution in [3.05, 3.63) is 35.4 Å². The van der Waals surface area contributed by atoms with Crippen molar-refractivity contribution in [3.63, 3.8) is 0 Å². The monoisotopic (exact) mass is 281 g/mol. The van der Waals surface area contributed by atoms with Gasteiger partial charge in [0.15, 0.2) is 0 Å². The Kier molecular flexibility index (Phi) is 4.97. The lowest BCUT2D eigenvalue weighted by Gasteiger charge is -2.23. The molecule has 0 aromatic heterocycles. The third-order valence-corrected chi connectivity index (χ3v) is 4.80. The molecule has 1 aromatic rings. The van der Waals surface area contributed by atoms with E-state index in [-0.39, 0.29) is 16.2 Å². The minimum atomic E-state index is -1.04. The molecule has 0 radical (unpaired) electrons. The van der Waals surface area contributed by atoms with Gasteiger partial charge in [-0.15, -0.1) is 0 Å². The highest BCUT2D eigenvalue weighted by atomic mass is 32.2. The Morgan fingerprint density at radius 1 is 1.00 bits per heavy atom. The van der Waals surface area contributed by atoms with Crippen LogP contribution in [-0.4, -0.2) is 8.96 Å². The predicted octanol–water partition coefficient (Wildman–Crippen LogP) is 4.10. The Labute approximate surface area is 120 Å². The molecule has 1 aromatic carbocycles. The minimum absolute atomic E-state index is 0.0917. The van der Waals surface area contributed by atoms with Gasteiger partial charge in [-0.05, 0) is 44.2 Å². The standard InChI is InChI=1S/C16H27NOS/c1-12(17-19(18)16(5,6)7)13-8-10-14(11-9-13)15(2,3)4/h8-12,17H,1-7H3/t12-,19+/m0/s1.